The number of fused-ring (bicyclic) bond motifs is 9. The molecule has 0 amide bonds. The minimum absolute atomic E-state index is 0.0180. The van der Waals surface area contributed by atoms with Crippen LogP contribution in [0.15, 0.2) is 152 Å². The summed E-state index contributed by atoms with van der Waals surface area (Å²) in [5, 5.41) is 2.31. The van der Waals surface area contributed by atoms with E-state index in [0.29, 0.717) is 0 Å². The van der Waals surface area contributed by atoms with E-state index >= 15 is 0 Å². The standard InChI is InChI=1S/C42H25BN2O3/c1-2-12-26(13-3-1)44-32-17-7-4-14-28(32)29-24-39-35(25-34(29)44)45(33-18-8-11-21-38(33)48-39)27-22-40-42-41(23-27)47-37-20-10-6-16-31(37)43(42)30-15-5-9-19-36(30)46-40/h1-25H. The molecule has 0 radical (unpaired) electrons. The summed E-state index contributed by atoms with van der Waals surface area (Å²) in [5.41, 5.74) is 9.52. The number of hydrogen-bond acceptors (Lipinski definition) is 4. The molecule has 0 saturated carbocycles. The average molecular weight is 616 g/mol. The van der Waals surface area contributed by atoms with Gasteiger partial charge in [0.25, 0.3) is 6.71 Å². The maximum absolute atomic E-state index is 6.69. The first-order valence-corrected chi connectivity index (χ1v) is 16.2. The Balaban J connectivity index is 1.18. The second-order valence-electron chi connectivity index (χ2n) is 12.5. The predicted octanol–water partition coefficient (Wildman–Crippen LogP) is 9.09. The fourth-order valence-electron chi connectivity index (χ4n) is 7.86. The number of rotatable bonds is 2. The van der Waals surface area contributed by atoms with Crippen molar-refractivity contribution >= 4 is 62.0 Å². The summed E-state index contributed by atoms with van der Waals surface area (Å²) in [6, 6.07) is 52.7. The third-order valence-electron chi connectivity index (χ3n) is 9.87. The van der Waals surface area contributed by atoms with Gasteiger partial charge in [0.15, 0.2) is 11.5 Å². The maximum Gasteiger partial charge on any atom is 0.260 e. The number of aromatic nitrogens is 1. The SMILES string of the molecule is c1ccc(-n2c3ccccc3c3cc4c(cc32)N(c2cc3c5c(c2)Oc2ccccc2B5c2ccccc2O3)c2ccccc2O4)cc1. The van der Waals surface area contributed by atoms with Crippen molar-refractivity contribution in [2.75, 3.05) is 4.90 Å². The highest BCUT2D eigenvalue weighted by Gasteiger charge is 2.41. The number of nitrogens with zero attached hydrogens (tertiary/aromatic N) is 2. The van der Waals surface area contributed by atoms with Crippen molar-refractivity contribution in [2.45, 2.75) is 0 Å². The van der Waals surface area contributed by atoms with Gasteiger partial charge in [-0.05, 0) is 65.5 Å². The van der Waals surface area contributed by atoms with Crippen LogP contribution in [0.3, 0.4) is 0 Å². The highest BCUT2D eigenvalue weighted by Crippen LogP contribution is 2.54. The van der Waals surface area contributed by atoms with Crippen LogP contribution < -0.4 is 35.5 Å². The van der Waals surface area contributed by atoms with E-state index in [-0.39, 0.29) is 6.71 Å². The molecular formula is C42H25BN2O3. The second-order valence-corrected chi connectivity index (χ2v) is 12.5. The molecule has 7 aromatic carbocycles. The summed E-state index contributed by atoms with van der Waals surface area (Å²) in [4.78, 5) is 2.28. The second kappa shape index (κ2) is 9.56. The molecule has 5 nitrogen and oxygen atoms in total. The van der Waals surface area contributed by atoms with Crippen LogP contribution in [-0.4, -0.2) is 11.3 Å². The van der Waals surface area contributed by atoms with E-state index in [1.165, 1.54) is 5.39 Å². The fourth-order valence-corrected chi connectivity index (χ4v) is 7.86. The zero-order valence-corrected chi connectivity index (χ0v) is 25.6. The first-order chi connectivity index (χ1) is 23.8. The molecule has 3 aliphatic heterocycles. The quantitative estimate of drug-likeness (QED) is 0.182. The third kappa shape index (κ3) is 3.51. The highest BCUT2D eigenvalue weighted by atomic mass is 16.5. The van der Waals surface area contributed by atoms with Crippen molar-refractivity contribution < 1.29 is 14.2 Å². The van der Waals surface area contributed by atoms with Crippen LogP contribution in [0, 0.1) is 0 Å². The van der Waals surface area contributed by atoms with Gasteiger partial charge in [0.1, 0.15) is 23.0 Å². The molecule has 0 saturated heterocycles. The highest BCUT2D eigenvalue weighted by molar-refractivity contribution is 6.98. The first-order valence-electron chi connectivity index (χ1n) is 16.2. The Labute approximate surface area is 276 Å². The third-order valence-corrected chi connectivity index (χ3v) is 9.87. The Morgan fingerprint density at radius 3 is 1.75 bits per heavy atom. The maximum atomic E-state index is 6.69. The van der Waals surface area contributed by atoms with E-state index in [1.54, 1.807) is 0 Å². The molecule has 0 atom stereocenters. The molecule has 1 aromatic heterocycles. The number of ether oxygens (including phenoxy) is 3. The number of anilines is 3. The molecule has 0 N–H and O–H groups in total. The van der Waals surface area contributed by atoms with Gasteiger partial charge < -0.3 is 23.7 Å². The van der Waals surface area contributed by atoms with E-state index < -0.39 is 0 Å². The lowest BCUT2D eigenvalue weighted by molar-refractivity contribution is 0.464. The van der Waals surface area contributed by atoms with Crippen molar-refractivity contribution in [3.63, 3.8) is 0 Å². The molecule has 3 aliphatic rings. The van der Waals surface area contributed by atoms with E-state index in [1.807, 2.05) is 24.3 Å². The van der Waals surface area contributed by atoms with Gasteiger partial charge in [-0.2, -0.15) is 0 Å². The monoisotopic (exact) mass is 616 g/mol. The molecule has 0 fully saturated rings. The molecule has 11 rings (SSSR count). The summed E-state index contributed by atoms with van der Waals surface area (Å²) < 4.78 is 22.4. The lowest BCUT2D eigenvalue weighted by Crippen LogP contribution is -2.57. The van der Waals surface area contributed by atoms with Crippen LogP contribution in [0.25, 0.3) is 27.5 Å². The van der Waals surface area contributed by atoms with E-state index in [2.05, 4.69) is 137 Å². The first kappa shape index (κ1) is 25.8. The van der Waals surface area contributed by atoms with Gasteiger partial charge in [0.2, 0.25) is 0 Å². The molecule has 224 valence electrons. The van der Waals surface area contributed by atoms with Gasteiger partial charge >= 0.3 is 0 Å². The van der Waals surface area contributed by atoms with E-state index in [9.17, 15) is 0 Å². The predicted molar refractivity (Wildman–Crippen MR) is 193 cm³/mol. The zero-order chi connectivity index (χ0) is 31.3. The molecule has 48 heavy (non-hydrogen) atoms. The normalized spacial score (nSPS) is 13.4. The Kier molecular flexibility index (Phi) is 5.13. The van der Waals surface area contributed by atoms with Crippen molar-refractivity contribution in [2.24, 2.45) is 0 Å². The van der Waals surface area contributed by atoms with Crippen molar-refractivity contribution in [1.82, 2.24) is 4.57 Å². The van der Waals surface area contributed by atoms with Crippen molar-refractivity contribution in [3.8, 4) is 40.2 Å². The minimum atomic E-state index is 0.0180. The summed E-state index contributed by atoms with van der Waals surface area (Å²) in [6.07, 6.45) is 0. The lowest BCUT2D eigenvalue weighted by atomic mass is 9.35. The van der Waals surface area contributed by atoms with Crippen molar-refractivity contribution in [1.29, 1.82) is 0 Å². The Morgan fingerprint density at radius 1 is 0.396 bits per heavy atom. The molecule has 0 unspecified atom stereocenters. The smallest absolute Gasteiger partial charge is 0.260 e. The molecular weight excluding hydrogens is 591 g/mol. The number of para-hydroxylation sites is 6. The summed E-state index contributed by atoms with van der Waals surface area (Å²) in [6.45, 7) is 0.0180. The number of benzene rings is 7. The molecule has 6 heteroatoms. The van der Waals surface area contributed by atoms with Crippen LogP contribution >= 0.6 is 0 Å². The molecule has 0 spiro atoms. The van der Waals surface area contributed by atoms with Gasteiger partial charge in [-0.25, -0.2) is 0 Å². The minimum Gasteiger partial charge on any atom is -0.458 e. The average Bonchev–Trinajstić information content (AvgIpc) is 3.46. The van der Waals surface area contributed by atoms with Crippen LogP contribution in [0.5, 0.6) is 34.5 Å². The van der Waals surface area contributed by atoms with Crippen molar-refractivity contribution in [3.05, 3.63) is 152 Å². The number of hydrogen-bond donors (Lipinski definition) is 0. The van der Waals surface area contributed by atoms with Crippen LogP contribution in [-0.2, 0) is 0 Å². The lowest BCUT2D eigenvalue weighted by Gasteiger charge is -2.36. The topological polar surface area (TPSA) is 35.9 Å². The zero-order valence-electron chi connectivity index (χ0n) is 25.6. The van der Waals surface area contributed by atoms with Gasteiger partial charge in [-0.3, -0.25) is 0 Å². The van der Waals surface area contributed by atoms with Gasteiger partial charge in [-0.15, -0.1) is 0 Å². The van der Waals surface area contributed by atoms with Crippen LogP contribution in [0.1, 0.15) is 0 Å². The summed E-state index contributed by atoms with van der Waals surface area (Å²) in [5.74, 6) is 4.91. The Morgan fingerprint density at radius 2 is 1.00 bits per heavy atom. The van der Waals surface area contributed by atoms with Gasteiger partial charge in [0, 0.05) is 34.1 Å². The molecule has 8 aromatic rings. The fraction of sp³-hybridized carbons (Fsp3) is 0. The van der Waals surface area contributed by atoms with E-state index in [4.69, 9.17) is 14.2 Å². The van der Waals surface area contributed by atoms with Crippen LogP contribution in [0.4, 0.5) is 17.1 Å². The van der Waals surface area contributed by atoms with Gasteiger partial charge in [0.05, 0.1) is 28.1 Å². The molecule has 0 bridgehead atoms. The molecule has 4 heterocycles. The van der Waals surface area contributed by atoms with E-state index in [0.717, 1.165) is 90.1 Å². The Bertz CT molecular complexity index is 2560. The van der Waals surface area contributed by atoms with Crippen LogP contribution in [0.2, 0.25) is 0 Å². The van der Waals surface area contributed by atoms with Gasteiger partial charge in [-0.1, -0.05) is 84.9 Å². The molecule has 0 aliphatic carbocycles. The Hall–Kier alpha value is -6.40. The largest absolute Gasteiger partial charge is 0.458 e. The summed E-state index contributed by atoms with van der Waals surface area (Å²) in [7, 11) is 0. The summed E-state index contributed by atoms with van der Waals surface area (Å²) >= 11 is 0.